The van der Waals surface area contributed by atoms with Gasteiger partial charge in [0.2, 0.25) is 10.0 Å². The third-order valence-electron chi connectivity index (χ3n) is 4.16. The largest absolute Gasteiger partial charge is 0.451 e. The summed E-state index contributed by atoms with van der Waals surface area (Å²) < 4.78 is 31.9. The van der Waals surface area contributed by atoms with Gasteiger partial charge in [-0.25, -0.2) is 8.42 Å². The van der Waals surface area contributed by atoms with Crippen molar-refractivity contribution in [3.63, 3.8) is 0 Å². The van der Waals surface area contributed by atoms with Gasteiger partial charge in [0.15, 0.2) is 6.10 Å². The van der Waals surface area contributed by atoms with Gasteiger partial charge in [-0.05, 0) is 44.9 Å². The number of carbonyl (C=O) groups is 2. The number of hydrogen-bond acceptors (Lipinski definition) is 5. The molecule has 2 rings (SSSR count). The second-order valence-corrected chi connectivity index (χ2v) is 8.52. The van der Waals surface area contributed by atoms with Crippen LogP contribution in [0.25, 0.3) is 0 Å². The smallest absolute Gasteiger partial charge is 0.324 e. The first kappa shape index (κ1) is 20.7. The summed E-state index contributed by atoms with van der Waals surface area (Å²) in [5, 5.41) is 3.10. The average molecular weight is 403 g/mol. The zero-order chi connectivity index (χ0) is 19.3. The molecule has 7 nitrogen and oxygen atoms in total. The molecule has 0 heterocycles. The number of ether oxygens (including phenoxy) is 1. The Hall–Kier alpha value is -1.64. The number of sulfonamides is 1. The monoisotopic (exact) mass is 402 g/mol. The molecule has 2 atom stereocenters. The minimum atomic E-state index is -3.94. The van der Waals surface area contributed by atoms with Crippen molar-refractivity contribution in [2.24, 2.45) is 0 Å². The minimum absolute atomic E-state index is 0.0586. The van der Waals surface area contributed by atoms with Gasteiger partial charge in [0.1, 0.15) is 6.04 Å². The number of amides is 1. The summed E-state index contributed by atoms with van der Waals surface area (Å²) in [5.74, 6) is -1.21. The number of benzene rings is 1. The normalized spacial score (nSPS) is 17.5. The Morgan fingerprint density at radius 3 is 2.50 bits per heavy atom. The third kappa shape index (κ3) is 5.69. The van der Waals surface area contributed by atoms with Crippen molar-refractivity contribution in [2.45, 2.75) is 62.6 Å². The number of rotatable bonds is 7. The summed E-state index contributed by atoms with van der Waals surface area (Å²) >= 11 is 5.80. The molecule has 1 amide bonds. The van der Waals surface area contributed by atoms with Crippen LogP contribution < -0.4 is 10.0 Å². The van der Waals surface area contributed by atoms with Crippen LogP contribution in [-0.4, -0.2) is 38.5 Å². The van der Waals surface area contributed by atoms with Crippen LogP contribution in [0.5, 0.6) is 0 Å². The van der Waals surface area contributed by atoms with Crippen LogP contribution in [0.3, 0.4) is 0 Å². The molecule has 144 valence electrons. The predicted molar refractivity (Wildman–Crippen MR) is 97.2 cm³/mol. The van der Waals surface area contributed by atoms with E-state index in [9.17, 15) is 18.0 Å². The lowest BCUT2D eigenvalue weighted by atomic mass is 10.2. The molecular weight excluding hydrogens is 380 g/mol. The fraction of sp³-hybridized carbons (Fsp3) is 0.529. The Morgan fingerprint density at radius 1 is 1.23 bits per heavy atom. The van der Waals surface area contributed by atoms with Crippen molar-refractivity contribution < 1.29 is 22.7 Å². The van der Waals surface area contributed by atoms with Crippen LogP contribution >= 0.6 is 11.6 Å². The standard InChI is InChI=1S/C17H23ClN2O5S/c1-11(20-26(23,24)15-9-5-6-13(18)10-15)17(22)25-12(2)16(21)19-14-7-3-4-8-14/h5-6,9-12,14,20H,3-4,7-8H2,1-2H3,(H,19,21)/t11-,12-/m0/s1. The summed E-state index contributed by atoms with van der Waals surface area (Å²) in [6.07, 6.45) is 2.98. The van der Waals surface area contributed by atoms with Crippen molar-refractivity contribution in [3.8, 4) is 0 Å². The molecule has 0 bridgehead atoms. The van der Waals surface area contributed by atoms with Crippen molar-refractivity contribution in [2.75, 3.05) is 0 Å². The lowest BCUT2D eigenvalue weighted by Gasteiger charge is -2.19. The van der Waals surface area contributed by atoms with E-state index in [0.717, 1.165) is 25.7 Å². The zero-order valence-electron chi connectivity index (χ0n) is 14.7. The van der Waals surface area contributed by atoms with E-state index < -0.39 is 28.1 Å². The van der Waals surface area contributed by atoms with E-state index in [1.807, 2.05) is 0 Å². The maximum atomic E-state index is 12.3. The maximum absolute atomic E-state index is 12.3. The van der Waals surface area contributed by atoms with Gasteiger partial charge in [0, 0.05) is 11.1 Å². The van der Waals surface area contributed by atoms with Gasteiger partial charge in [-0.1, -0.05) is 30.5 Å². The van der Waals surface area contributed by atoms with Crippen LogP contribution in [0, 0.1) is 0 Å². The highest BCUT2D eigenvalue weighted by Gasteiger charge is 2.27. The predicted octanol–water partition coefficient (Wildman–Crippen LogP) is 2.00. The lowest BCUT2D eigenvalue weighted by Crippen LogP contribution is -2.45. The zero-order valence-corrected chi connectivity index (χ0v) is 16.3. The molecule has 26 heavy (non-hydrogen) atoms. The van der Waals surface area contributed by atoms with E-state index in [1.54, 1.807) is 6.07 Å². The summed E-state index contributed by atoms with van der Waals surface area (Å²) in [7, 11) is -3.94. The van der Waals surface area contributed by atoms with Gasteiger partial charge in [-0.3, -0.25) is 9.59 Å². The van der Waals surface area contributed by atoms with Gasteiger partial charge >= 0.3 is 5.97 Å². The van der Waals surface area contributed by atoms with Gasteiger partial charge in [-0.2, -0.15) is 4.72 Å². The number of halogens is 1. The van der Waals surface area contributed by atoms with Gasteiger partial charge in [0.05, 0.1) is 4.90 Å². The average Bonchev–Trinajstić information content (AvgIpc) is 3.07. The van der Waals surface area contributed by atoms with Gasteiger partial charge in [0.25, 0.3) is 5.91 Å². The number of hydrogen-bond donors (Lipinski definition) is 2. The number of nitrogens with one attached hydrogen (secondary N) is 2. The van der Waals surface area contributed by atoms with E-state index in [1.165, 1.54) is 32.0 Å². The van der Waals surface area contributed by atoms with Crippen molar-refractivity contribution >= 4 is 33.5 Å². The molecule has 9 heteroatoms. The van der Waals surface area contributed by atoms with Gasteiger partial charge < -0.3 is 10.1 Å². The lowest BCUT2D eigenvalue weighted by molar-refractivity contribution is -0.156. The fourth-order valence-electron chi connectivity index (χ4n) is 2.70. The van der Waals surface area contributed by atoms with Crippen molar-refractivity contribution in [1.29, 1.82) is 0 Å². The summed E-state index contributed by atoms with van der Waals surface area (Å²) in [4.78, 5) is 24.1. The van der Waals surface area contributed by atoms with Crippen LogP contribution in [0.1, 0.15) is 39.5 Å². The van der Waals surface area contributed by atoms with E-state index >= 15 is 0 Å². The van der Waals surface area contributed by atoms with Crippen LogP contribution in [0.2, 0.25) is 5.02 Å². The molecule has 0 saturated heterocycles. The Labute approximate surface area is 158 Å². The molecule has 0 aliphatic heterocycles. The highest BCUT2D eigenvalue weighted by atomic mass is 35.5. The molecular formula is C17H23ClN2O5S. The van der Waals surface area contributed by atoms with Crippen molar-refractivity contribution in [1.82, 2.24) is 10.0 Å². The first-order valence-electron chi connectivity index (χ1n) is 8.48. The molecule has 1 aromatic rings. The summed E-state index contributed by atoms with van der Waals surface area (Å²) in [6, 6.07) is 4.64. The SMILES string of the molecule is C[C@H](NS(=O)(=O)c1cccc(Cl)c1)C(=O)O[C@@H](C)C(=O)NC1CCCC1. The topological polar surface area (TPSA) is 102 Å². The quantitative estimate of drug-likeness (QED) is 0.679. The Morgan fingerprint density at radius 2 is 1.88 bits per heavy atom. The van der Waals surface area contributed by atoms with Crippen molar-refractivity contribution in [3.05, 3.63) is 29.3 Å². The number of carbonyl (C=O) groups excluding carboxylic acids is 2. The minimum Gasteiger partial charge on any atom is -0.451 e. The Balaban J connectivity index is 1.90. The first-order valence-corrected chi connectivity index (χ1v) is 10.3. The maximum Gasteiger partial charge on any atom is 0.324 e. The summed E-state index contributed by atoms with van der Waals surface area (Å²) in [6.45, 7) is 2.81. The second kappa shape index (κ2) is 8.83. The highest BCUT2D eigenvalue weighted by molar-refractivity contribution is 7.89. The Kier molecular flexibility index (Phi) is 7.02. The first-order chi connectivity index (χ1) is 12.2. The molecule has 1 aliphatic rings. The molecule has 0 aromatic heterocycles. The molecule has 0 radical (unpaired) electrons. The second-order valence-electron chi connectivity index (χ2n) is 6.37. The molecule has 1 aliphatic carbocycles. The van der Waals surface area contributed by atoms with E-state index in [-0.39, 0.29) is 21.9 Å². The van der Waals surface area contributed by atoms with Crippen LogP contribution in [0.4, 0.5) is 0 Å². The molecule has 1 fully saturated rings. The van der Waals surface area contributed by atoms with E-state index in [2.05, 4.69) is 10.0 Å². The highest BCUT2D eigenvalue weighted by Crippen LogP contribution is 2.18. The third-order valence-corrected chi connectivity index (χ3v) is 5.93. The number of esters is 1. The summed E-state index contributed by atoms with van der Waals surface area (Å²) in [5.41, 5.74) is 0. The molecule has 1 saturated carbocycles. The molecule has 2 N–H and O–H groups in total. The fourth-order valence-corrected chi connectivity index (χ4v) is 4.19. The van der Waals surface area contributed by atoms with Crippen LogP contribution in [-0.2, 0) is 24.3 Å². The van der Waals surface area contributed by atoms with E-state index in [4.69, 9.17) is 16.3 Å². The van der Waals surface area contributed by atoms with E-state index in [0.29, 0.717) is 0 Å². The van der Waals surface area contributed by atoms with Gasteiger partial charge in [-0.15, -0.1) is 0 Å². The molecule has 1 aromatic carbocycles. The molecule has 0 spiro atoms. The molecule has 0 unspecified atom stereocenters. The van der Waals surface area contributed by atoms with Crippen LogP contribution in [0.15, 0.2) is 29.2 Å². The Bertz CT molecular complexity index is 762.